The fourth-order valence-electron chi connectivity index (χ4n) is 2.79. The summed E-state index contributed by atoms with van der Waals surface area (Å²) in [6.45, 7) is 7.52. The van der Waals surface area contributed by atoms with E-state index < -0.39 is 0 Å². The van der Waals surface area contributed by atoms with Gasteiger partial charge in [-0.25, -0.2) is 0 Å². The van der Waals surface area contributed by atoms with Crippen molar-refractivity contribution in [1.82, 2.24) is 20.0 Å². The largest absolute Gasteiger partial charge is 0.495 e. The van der Waals surface area contributed by atoms with Crippen molar-refractivity contribution in [3.8, 4) is 0 Å². The van der Waals surface area contributed by atoms with Gasteiger partial charge >= 0.3 is 0 Å². The molecule has 5 nitrogen and oxygen atoms in total. The van der Waals surface area contributed by atoms with E-state index in [-0.39, 0.29) is 11.9 Å². The molecule has 2 aliphatic heterocycles. The maximum absolute atomic E-state index is 9.56. The molecular weight excluding hydrogens is 252 g/mol. The lowest BCUT2D eigenvalue weighted by molar-refractivity contribution is 0.216. The highest BCUT2D eigenvalue weighted by Crippen LogP contribution is 2.22. The average molecular weight is 274 g/mol. The van der Waals surface area contributed by atoms with Gasteiger partial charge in [0.2, 0.25) is 0 Å². The summed E-state index contributed by atoms with van der Waals surface area (Å²) in [6.07, 6.45) is 6.66. The molecular formula is C15H22N4O. The summed E-state index contributed by atoms with van der Waals surface area (Å²) in [5.41, 5.74) is 2.23. The van der Waals surface area contributed by atoms with Gasteiger partial charge in [0, 0.05) is 25.7 Å². The lowest BCUT2D eigenvalue weighted by Gasteiger charge is -2.23. The minimum Gasteiger partial charge on any atom is -0.495 e. The highest BCUT2D eigenvalue weighted by Gasteiger charge is 2.21. The molecule has 0 spiro atoms. The highest BCUT2D eigenvalue weighted by molar-refractivity contribution is 5.25. The van der Waals surface area contributed by atoms with E-state index in [9.17, 15) is 5.11 Å². The number of fused-ring (bicyclic) bond motifs is 1. The van der Waals surface area contributed by atoms with Crippen LogP contribution < -0.4 is 5.32 Å². The SMILES string of the molecule is CC(C)N1CCCn2nc(C3C=CC=C(O)N3)cc2C1. The number of aliphatic hydroxyl groups is 1. The molecule has 2 N–H and O–H groups in total. The van der Waals surface area contributed by atoms with Gasteiger partial charge < -0.3 is 10.4 Å². The van der Waals surface area contributed by atoms with E-state index in [1.165, 1.54) is 5.69 Å². The quantitative estimate of drug-likeness (QED) is 0.867. The second-order valence-corrected chi connectivity index (χ2v) is 5.76. The van der Waals surface area contributed by atoms with Gasteiger partial charge in [0.15, 0.2) is 5.88 Å². The molecule has 3 heterocycles. The van der Waals surface area contributed by atoms with E-state index in [0.717, 1.165) is 31.7 Å². The third kappa shape index (κ3) is 2.58. The first-order valence-corrected chi connectivity index (χ1v) is 7.28. The third-order valence-corrected chi connectivity index (χ3v) is 3.97. The number of hydrogen-bond donors (Lipinski definition) is 2. The Labute approximate surface area is 119 Å². The van der Waals surface area contributed by atoms with Crippen LogP contribution in [0.2, 0.25) is 0 Å². The predicted molar refractivity (Wildman–Crippen MR) is 78.1 cm³/mol. The zero-order valence-electron chi connectivity index (χ0n) is 12.1. The first kappa shape index (κ1) is 13.2. The van der Waals surface area contributed by atoms with E-state index in [1.807, 2.05) is 12.2 Å². The van der Waals surface area contributed by atoms with Crippen molar-refractivity contribution < 1.29 is 5.11 Å². The number of aromatic nitrogens is 2. The maximum Gasteiger partial charge on any atom is 0.184 e. The molecule has 0 fully saturated rings. The Morgan fingerprint density at radius 1 is 1.40 bits per heavy atom. The van der Waals surface area contributed by atoms with Crippen molar-refractivity contribution in [2.24, 2.45) is 0 Å². The van der Waals surface area contributed by atoms with Gasteiger partial charge in [-0.2, -0.15) is 5.10 Å². The third-order valence-electron chi connectivity index (χ3n) is 3.97. The predicted octanol–water partition coefficient (Wildman–Crippen LogP) is 2.10. The molecule has 108 valence electrons. The first-order chi connectivity index (χ1) is 9.63. The standard InChI is InChI=1S/C15H22N4O/c1-11(2)18-7-4-8-19-12(10-18)9-14(17-19)13-5-3-6-15(20)16-13/h3,5-6,9,11,13,16,20H,4,7-8,10H2,1-2H3. The number of rotatable bonds is 2. The van der Waals surface area contributed by atoms with Gasteiger partial charge in [-0.1, -0.05) is 12.2 Å². The van der Waals surface area contributed by atoms with E-state index in [1.54, 1.807) is 6.08 Å². The Balaban J connectivity index is 1.82. The zero-order valence-corrected chi connectivity index (χ0v) is 12.1. The molecule has 5 heteroatoms. The Morgan fingerprint density at radius 2 is 2.25 bits per heavy atom. The minimum atomic E-state index is -0.0353. The number of aliphatic hydroxyl groups excluding tert-OH is 1. The van der Waals surface area contributed by atoms with Crippen molar-refractivity contribution in [1.29, 1.82) is 0 Å². The fourth-order valence-corrected chi connectivity index (χ4v) is 2.79. The molecule has 1 aromatic heterocycles. The van der Waals surface area contributed by atoms with Gasteiger partial charge in [0.1, 0.15) is 0 Å². The molecule has 0 radical (unpaired) electrons. The summed E-state index contributed by atoms with van der Waals surface area (Å²) in [4.78, 5) is 2.48. The fraction of sp³-hybridized carbons (Fsp3) is 0.533. The molecule has 20 heavy (non-hydrogen) atoms. The first-order valence-electron chi connectivity index (χ1n) is 7.28. The van der Waals surface area contributed by atoms with Crippen LogP contribution in [0.3, 0.4) is 0 Å². The average Bonchev–Trinajstić information content (AvgIpc) is 2.70. The lowest BCUT2D eigenvalue weighted by Crippen LogP contribution is -2.30. The van der Waals surface area contributed by atoms with Crippen LogP contribution in [0, 0.1) is 0 Å². The van der Waals surface area contributed by atoms with Gasteiger partial charge in [-0.15, -0.1) is 0 Å². The van der Waals surface area contributed by atoms with Gasteiger partial charge in [0.05, 0.1) is 17.4 Å². The Morgan fingerprint density at radius 3 is 3.00 bits per heavy atom. The molecule has 0 aromatic carbocycles. The summed E-state index contributed by atoms with van der Waals surface area (Å²) >= 11 is 0. The molecule has 0 amide bonds. The second kappa shape index (κ2) is 5.32. The van der Waals surface area contributed by atoms with Crippen LogP contribution in [0.25, 0.3) is 0 Å². The Bertz CT molecular complexity index is 544. The number of hydrogen-bond acceptors (Lipinski definition) is 4. The number of nitrogens with zero attached hydrogens (tertiary/aromatic N) is 3. The molecule has 0 aliphatic carbocycles. The van der Waals surface area contributed by atoms with Gasteiger partial charge in [-0.3, -0.25) is 9.58 Å². The number of dihydropyridines is 1. The number of aryl methyl sites for hydroxylation is 1. The second-order valence-electron chi connectivity index (χ2n) is 5.76. The summed E-state index contributed by atoms with van der Waals surface area (Å²) in [7, 11) is 0. The summed E-state index contributed by atoms with van der Waals surface area (Å²) in [5, 5.41) is 17.3. The van der Waals surface area contributed by atoms with Crippen molar-refractivity contribution in [2.45, 2.75) is 45.4 Å². The molecule has 1 unspecified atom stereocenters. The van der Waals surface area contributed by atoms with Crippen molar-refractivity contribution in [3.63, 3.8) is 0 Å². The van der Waals surface area contributed by atoms with E-state index in [2.05, 4.69) is 34.8 Å². The Kier molecular flexibility index (Phi) is 3.53. The summed E-state index contributed by atoms with van der Waals surface area (Å²) in [5.74, 6) is 0.199. The highest BCUT2D eigenvalue weighted by atomic mass is 16.3. The smallest absolute Gasteiger partial charge is 0.184 e. The molecule has 0 saturated heterocycles. The maximum atomic E-state index is 9.56. The molecule has 1 atom stereocenters. The molecule has 3 rings (SSSR count). The van der Waals surface area contributed by atoms with Crippen LogP contribution in [-0.2, 0) is 13.1 Å². The van der Waals surface area contributed by atoms with Gasteiger partial charge in [0.25, 0.3) is 0 Å². The minimum absolute atomic E-state index is 0.0353. The van der Waals surface area contributed by atoms with Crippen LogP contribution in [-0.4, -0.2) is 32.4 Å². The van der Waals surface area contributed by atoms with Gasteiger partial charge in [-0.05, 0) is 32.4 Å². The van der Waals surface area contributed by atoms with Crippen molar-refractivity contribution in [2.75, 3.05) is 6.54 Å². The van der Waals surface area contributed by atoms with Crippen LogP contribution >= 0.6 is 0 Å². The molecule has 0 saturated carbocycles. The monoisotopic (exact) mass is 274 g/mol. The normalized spacial score (nSPS) is 23.1. The summed E-state index contributed by atoms with van der Waals surface area (Å²) < 4.78 is 2.11. The van der Waals surface area contributed by atoms with E-state index in [0.29, 0.717) is 6.04 Å². The van der Waals surface area contributed by atoms with Crippen LogP contribution in [0.4, 0.5) is 0 Å². The Hall–Kier alpha value is -1.75. The van der Waals surface area contributed by atoms with E-state index in [4.69, 9.17) is 5.10 Å². The summed E-state index contributed by atoms with van der Waals surface area (Å²) in [6, 6.07) is 2.67. The lowest BCUT2D eigenvalue weighted by atomic mass is 10.1. The topological polar surface area (TPSA) is 53.3 Å². The van der Waals surface area contributed by atoms with Crippen molar-refractivity contribution >= 4 is 0 Å². The van der Waals surface area contributed by atoms with Crippen LogP contribution in [0.1, 0.15) is 37.7 Å². The molecule has 1 aromatic rings. The number of allylic oxidation sites excluding steroid dienone is 2. The molecule has 0 bridgehead atoms. The van der Waals surface area contributed by atoms with Crippen molar-refractivity contribution in [3.05, 3.63) is 41.6 Å². The zero-order chi connectivity index (χ0) is 14.1. The van der Waals surface area contributed by atoms with Crippen LogP contribution in [0.5, 0.6) is 0 Å². The number of nitrogens with one attached hydrogen (secondary N) is 1. The van der Waals surface area contributed by atoms with Crippen LogP contribution in [0.15, 0.2) is 30.2 Å². The van der Waals surface area contributed by atoms with E-state index >= 15 is 0 Å². The molecule has 2 aliphatic rings.